The maximum absolute atomic E-state index is 9.83. The van der Waals surface area contributed by atoms with Crippen LogP contribution in [0.4, 0.5) is 5.69 Å². The molecular formula is C13H20N2OS. The molecule has 0 bridgehead atoms. The lowest BCUT2D eigenvalue weighted by Crippen LogP contribution is -2.37. The minimum atomic E-state index is -0.757. The van der Waals surface area contributed by atoms with E-state index >= 15 is 0 Å². The lowest BCUT2D eigenvalue weighted by molar-refractivity contribution is 0.0886. The maximum atomic E-state index is 9.83. The van der Waals surface area contributed by atoms with Crippen molar-refractivity contribution in [1.29, 1.82) is 0 Å². The topological polar surface area (TPSA) is 49.5 Å². The monoisotopic (exact) mass is 252 g/mol. The van der Waals surface area contributed by atoms with Crippen molar-refractivity contribution in [2.24, 2.45) is 5.73 Å². The van der Waals surface area contributed by atoms with Crippen molar-refractivity contribution in [2.75, 3.05) is 18.5 Å². The molecule has 1 aromatic carbocycles. The number of rotatable bonds is 4. The first-order chi connectivity index (χ1) is 7.70. The van der Waals surface area contributed by atoms with Gasteiger partial charge in [-0.3, -0.25) is 0 Å². The van der Waals surface area contributed by atoms with Gasteiger partial charge >= 0.3 is 0 Å². The molecule has 0 fully saturated rings. The van der Waals surface area contributed by atoms with Gasteiger partial charge in [0.1, 0.15) is 4.99 Å². The summed E-state index contributed by atoms with van der Waals surface area (Å²) >= 11 is 5.06. The highest BCUT2D eigenvalue weighted by molar-refractivity contribution is 7.80. The van der Waals surface area contributed by atoms with E-state index < -0.39 is 5.60 Å². The molecule has 0 aliphatic carbocycles. The van der Waals surface area contributed by atoms with Gasteiger partial charge in [0.05, 0.1) is 5.60 Å². The van der Waals surface area contributed by atoms with E-state index in [1.54, 1.807) is 13.8 Å². The largest absolute Gasteiger partial charge is 0.389 e. The highest BCUT2D eigenvalue weighted by Crippen LogP contribution is 2.22. The van der Waals surface area contributed by atoms with Crippen molar-refractivity contribution < 1.29 is 5.11 Å². The molecule has 0 unspecified atom stereocenters. The first-order valence-electron chi connectivity index (χ1n) is 5.55. The molecule has 4 heteroatoms. The van der Waals surface area contributed by atoms with Gasteiger partial charge in [0.15, 0.2) is 0 Å². The van der Waals surface area contributed by atoms with Crippen LogP contribution in [0.25, 0.3) is 0 Å². The Morgan fingerprint density at radius 2 is 2.06 bits per heavy atom. The summed E-state index contributed by atoms with van der Waals surface area (Å²) in [6, 6.07) is 5.96. The van der Waals surface area contributed by atoms with Crippen LogP contribution in [0.1, 0.15) is 25.0 Å². The number of hydrogen-bond donors (Lipinski definition) is 2. The molecule has 1 rings (SSSR count). The predicted molar refractivity (Wildman–Crippen MR) is 76.6 cm³/mol. The molecule has 0 saturated heterocycles. The van der Waals surface area contributed by atoms with Crippen LogP contribution in [0.15, 0.2) is 18.2 Å². The molecular weight excluding hydrogens is 232 g/mol. The molecule has 0 atom stereocenters. The molecule has 0 spiro atoms. The smallest absolute Gasteiger partial charge is 0.106 e. The van der Waals surface area contributed by atoms with Gasteiger partial charge in [-0.25, -0.2) is 0 Å². The van der Waals surface area contributed by atoms with Crippen molar-refractivity contribution in [3.8, 4) is 0 Å². The van der Waals surface area contributed by atoms with E-state index in [1.165, 1.54) is 0 Å². The maximum Gasteiger partial charge on any atom is 0.106 e. The third-order valence-electron chi connectivity index (χ3n) is 2.45. The average Bonchev–Trinajstić information content (AvgIpc) is 2.14. The van der Waals surface area contributed by atoms with Crippen LogP contribution in [0.2, 0.25) is 0 Å². The molecule has 0 heterocycles. The Balaban J connectivity index is 3.09. The zero-order chi connectivity index (χ0) is 13.2. The molecule has 0 amide bonds. The van der Waals surface area contributed by atoms with E-state index in [0.717, 1.165) is 16.8 Å². The van der Waals surface area contributed by atoms with Crippen molar-refractivity contribution in [3.05, 3.63) is 29.3 Å². The standard InChI is InChI=1S/C13H20N2OS/c1-9-5-6-11(10(7-9)12(14)17)15(4)8-13(2,3)16/h5-7,16H,8H2,1-4H3,(H2,14,17). The molecule has 0 aliphatic rings. The van der Waals surface area contributed by atoms with E-state index in [0.29, 0.717) is 11.5 Å². The van der Waals surface area contributed by atoms with Gasteiger partial charge < -0.3 is 15.7 Å². The number of aryl methyl sites for hydroxylation is 1. The van der Waals surface area contributed by atoms with E-state index in [9.17, 15) is 5.11 Å². The van der Waals surface area contributed by atoms with E-state index in [2.05, 4.69) is 0 Å². The second-order valence-electron chi connectivity index (χ2n) is 5.05. The fourth-order valence-corrected chi connectivity index (χ4v) is 2.01. The fourth-order valence-electron chi connectivity index (χ4n) is 1.85. The number of benzene rings is 1. The highest BCUT2D eigenvalue weighted by Gasteiger charge is 2.18. The van der Waals surface area contributed by atoms with Gasteiger partial charge in [0, 0.05) is 24.8 Å². The number of thiocarbonyl (C=S) groups is 1. The van der Waals surface area contributed by atoms with Gasteiger partial charge in [-0.15, -0.1) is 0 Å². The summed E-state index contributed by atoms with van der Waals surface area (Å²) in [4.78, 5) is 2.35. The summed E-state index contributed by atoms with van der Waals surface area (Å²) in [6.45, 7) is 6.07. The minimum absolute atomic E-state index is 0.381. The fraction of sp³-hybridized carbons (Fsp3) is 0.462. The third-order valence-corrected chi connectivity index (χ3v) is 2.67. The highest BCUT2D eigenvalue weighted by atomic mass is 32.1. The van der Waals surface area contributed by atoms with Gasteiger partial charge in [-0.1, -0.05) is 23.8 Å². The SMILES string of the molecule is Cc1ccc(N(C)CC(C)(C)O)c(C(N)=S)c1. The molecule has 0 saturated carbocycles. The summed E-state index contributed by atoms with van der Waals surface area (Å²) in [5, 5.41) is 9.83. The van der Waals surface area contributed by atoms with Crippen molar-refractivity contribution in [1.82, 2.24) is 0 Å². The van der Waals surface area contributed by atoms with Crippen LogP contribution < -0.4 is 10.6 Å². The van der Waals surface area contributed by atoms with Crippen LogP contribution in [0, 0.1) is 6.92 Å². The zero-order valence-corrected chi connectivity index (χ0v) is 11.6. The first kappa shape index (κ1) is 13.9. The summed E-state index contributed by atoms with van der Waals surface area (Å²) in [5.41, 5.74) is 7.89. The Hall–Kier alpha value is -1.13. The van der Waals surface area contributed by atoms with Gasteiger partial charge in [-0.05, 0) is 32.9 Å². The Kier molecular flexibility index (Phi) is 4.11. The zero-order valence-electron chi connectivity index (χ0n) is 10.8. The molecule has 0 aromatic heterocycles. The summed E-state index contributed by atoms with van der Waals surface area (Å²) in [6.07, 6.45) is 0. The van der Waals surface area contributed by atoms with Crippen LogP contribution in [-0.4, -0.2) is 29.3 Å². The summed E-state index contributed by atoms with van der Waals surface area (Å²) < 4.78 is 0. The summed E-state index contributed by atoms with van der Waals surface area (Å²) in [5.74, 6) is 0. The van der Waals surface area contributed by atoms with Crippen LogP contribution in [-0.2, 0) is 0 Å². The van der Waals surface area contributed by atoms with E-state index in [-0.39, 0.29) is 0 Å². The van der Waals surface area contributed by atoms with E-state index in [1.807, 2.05) is 37.1 Å². The third kappa shape index (κ3) is 3.98. The Morgan fingerprint density at radius 1 is 1.47 bits per heavy atom. The molecule has 17 heavy (non-hydrogen) atoms. The first-order valence-corrected chi connectivity index (χ1v) is 5.95. The average molecular weight is 252 g/mol. The second kappa shape index (κ2) is 5.02. The van der Waals surface area contributed by atoms with Crippen molar-refractivity contribution >= 4 is 22.9 Å². The molecule has 0 radical (unpaired) electrons. The normalized spacial score (nSPS) is 11.4. The molecule has 0 aliphatic heterocycles. The predicted octanol–water partition coefficient (Wildman–Crippen LogP) is 1.84. The quantitative estimate of drug-likeness (QED) is 0.803. The Labute approximate surface area is 108 Å². The van der Waals surface area contributed by atoms with Crippen LogP contribution >= 0.6 is 12.2 Å². The van der Waals surface area contributed by atoms with E-state index in [4.69, 9.17) is 18.0 Å². The number of nitrogens with two attached hydrogens (primary N) is 1. The number of likely N-dealkylation sites (N-methyl/N-ethyl adjacent to an activating group) is 1. The van der Waals surface area contributed by atoms with Crippen molar-refractivity contribution in [3.63, 3.8) is 0 Å². The second-order valence-corrected chi connectivity index (χ2v) is 5.49. The Bertz CT molecular complexity index is 424. The number of aliphatic hydroxyl groups is 1. The molecule has 3 N–H and O–H groups in total. The van der Waals surface area contributed by atoms with Gasteiger partial charge in [0.25, 0.3) is 0 Å². The van der Waals surface area contributed by atoms with Crippen LogP contribution in [0.5, 0.6) is 0 Å². The lowest BCUT2D eigenvalue weighted by atomic mass is 10.1. The van der Waals surface area contributed by atoms with Gasteiger partial charge in [-0.2, -0.15) is 0 Å². The minimum Gasteiger partial charge on any atom is -0.389 e. The summed E-state index contributed by atoms with van der Waals surface area (Å²) in [7, 11) is 1.92. The molecule has 94 valence electrons. The van der Waals surface area contributed by atoms with Gasteiger partial charge in [0.2, 0.25) is 0 Å². The number of nitrogens with zero attached hydrogens (tertiary/aromatic N) is 1. The molecule has 1 aromatic rings. The molecule has 3 nitrogen and oxygen atoms in total. The van der Waals surface area contributed by atoms with Crippen LogP contribution in [0.3, 0.4) is 0 Å². The number of hydrogen-bond acceptors (Lipinski definition) is 3. The van der Waals surface area contributed by atoms with Crippen molar-refractivity contribution in [2.45, 2.75) is 26.4 Å². The number of anilines is 1. The Morgan fingerprint density at radius 3 is 2.53 bits per heavy atom. The lowest BCUT2D eigenvalue weighted by Gasteiger charge is -2.28.